The number of benzene rings is 3. The fraction of sp³-hybridized carbons (Fsp3) is 0.375. The third kappa shape index (κ3) is 9.33. The maximum Gasteiger partial charge on any atom is 0.243 e. The van der Waals surface area contributed by atoms with Crippen molar-refractivity contribution in [3.8, 4) is 0 Å². The van der Waals surface area contributed by atoms with Crippen molar-refractivity contribution in [1.29, 1.82) is 0 Å². The lowest BCUT2D eigenvalue weighted by molar-refractivity contribution is -0.141. The number of aryl methyl sites for hydroxylation is 1. The predicted molar refractivity (Wildman–Crippen MR) is 167 cm³/mol. The molecule has 2 amide bonds. The molecule has 9 heteroatoms. The zero-order chi connectivity index (χ0) is 30.2. The van der Waals surface area contributed by atoms with E-state index < -0.39 is 16.1 Å². The second-order valence-corrected chi connectivity index (χ2v) is 13.0. The molecule has 3 aromatic rings. The number of halogens is 1. The topological polar surface area (TPSA) is 86.8 Å². The Labute approximate surface area is 249 Å². The van der Waals surface area contributed by atoms with Crippen LogP contribution >= 0.6 is 11.6 Å². The largest absolute Gasteiger partial charge is 0.352 e. The zero-order valence-corrected chi connectivity index (χ0v) is 26.0. The predicted octanol–water partition coefficient (Wildman–Crippen LogP) is 5.67. The molecule has 0 unspecified atom stereocenters. The number of hydrogen-bond donors (Lipinski definition) is 1. The van der Waals surface area contributed by atoms with Crippen molar-refractivity contribution in [3.05, 3.63) is 100 Å². The van der Waals surface area contributed by atoms with Gasteiger partial charge >= 0.3 is 0 Å². The molecule has 0 aliphatic heterocycles. The molecular weight excluding hydrogens is 558 g/mol. The highest BCUT2D eigenvalue weighted by atomic mass is 35.5. The van der Waals surface area contributed by atoms with Gasteiger partial charge in [-0.3, -0.25) is 13.9 Å². The van der Waals surface area contributed by atoms with Crippen LogP contribution in [0, 0.1) is 13.8 Å². The van der Waals surface area contributed by atoms with Gasteiger partial charge in [0.1, 0.15) is 6.04 Å². The average molecular weight is 598 g/mol. The van der Waals surface area contributed by atoms with Gasteiger partial charge in [0.05, 0.1) is 11.9 Å². The van der Waals surface area contributed by atoms with Crippen LogP contribution in [0.4, 0.5) is 5.69 Å². The molecule has 0 bridgehead atoms. The van der Waals surface area contributed by atoms with Crippen molar-refractivity contribution in [2.45, 2.75) is 65.6 Å². The lowest BCUT2D eigenvalue weighted by Gasteiger charge is -2.32. The molecule has 3 rings (SSSR count). The first-order chi connectivity index (χ1) is 19.4. The Bertz CT molecular complexity index is 1430. The normalized spacial score (nSPS) is 12.2. The van der Waals surface area contributed by atoms with Gasteiger partial charge in [0.15, 0.2) is 0 Å². The summed E-state index contributed by atoms with van der Waals surface area (Å²) in [7, 11) is -3.63. The number of hydrogen-bond acceptors (Lipinski definition) is 4. The molecule has 3 aromatic carbocycles. The van der Waals surface area contributed by atoms with Crippen LogP contribution in [0.5, 0.6) is 0 Å². The van der Waals surface area contributed by atoms with Gasteiger partial charge in [0.2, 0.25) is 21.8 Å². The molecule has 1 atom stereocenters. The third-order valence-electron chi connectivity index (χ3n) is 6.84. The molecule has 0 heterocycles. The third-order valence-corrected chi connectivity index (χ3v) is 8.42. The second kappa shape index (κ2) is 14.5. The van der Waals surface area contributed by atoms with Crippen LogP contribution < -0.4 is 9.62 Å². The first kappa shape index (κ1) is 32.2. The number of nitrogens with zero attached hydrogens (tertiary/aromatic N) is 2. The minimum absolute atomic E-state index is 0.0672. The van der Waals surface area contributed by atoms with Crippen LogP contribution in [0.1, 0.15) is 48.9 Å². The maximum absolute atomic E-state index is 13.9. The Balaban J connectivity index is 1.89. The summed E-state index contributed by atoms with van der Waals surface area (Å²) in [5.41, 5.74) is 4.09. The van der Waals surface area contributed by atoms with E-state index in [4.69, 9.17) is 11.6 Å². The standard InChI is InChI=1S/C32H40ClN3O4S/c1-23(2)34-32(38)30(21-26-11-7-6-8-12-26)35(22-27-18-16-24(3)17-19-27)31(37)15-10-20-36(41(5,39)40)29-14-9-13-28(33)25(29)4/h6-9,11-14,16-19,23,30H,10,15,20-22H2,1-5H3,(H,34,38)/t30-/m1/s1. The lowest BCUT2D eigenvalue weighted by atomic mass is 10.0. The van der Waals surface area contributed by atoms with Gasteiger partial charge < -0.3 is 10.2 Å². The fourth-order valence-electron chi connectivity index (χ4n) is 4.67. The van der Waals surface area contributed by atoms with Crippen molar-refractivity contribution in [2.75, 3.05) is 17.1 Å². The van der Waals surface area contributed by atoms with E-state index in [1.165, 1.54) is 4.31 Å². The molecule has 220 valence electrons. The lowest BCUT2D eigenvalue weighted by Crippen LogP contribution is -2.51. The van der Waals surface area contributed by atoms with Crippen LogP contribution in [0.25, 0.3) is 0 Å². The highest BCUT2D eigenvalue weighted by Crippen LogP contribution is 2.28. The summed E-state index contributed by atoms with van der Waals surface area (Å²) in [6, 6.07) is 21.8. The SMILES string of the molecule is Cc1ccc(CN(C(=O)CCCN(c2cccc(Cl)c2C)S(C)(=O)=O)[C@H](Cc2ccccc2)C(=O)NC(C)C)cc1. The Morgan fingerprint density at radius 3 is 2.17 bits per heavy atom. The number of amides is 2. The van der Waals surface area contributed by atoms with Crippen molar-refractivity contribution >= 4 is 39.1 Å². The summed E-state index contributed by atoms with van der Waals surface area (Å²) in [4.78, 5) is 29.0. The van der Waals surface area contributed by atoms with Gasteiger partial charge in [-0.1, -0.05) is 77.8 Å². The van der Waals surface area contributed by atoms with Gasteiger partial charge in [-0.25, -0.2) is 8.42 Å². The van der Waals surface area contributed by atoms with Crippen LogP contribution in [-0.2, 0) is 32.6 Å². The van der Waals surface area contributed by atoms with E-state index >= 15 is 0 Å². The van der Waals surface area contributed by atoms with Gasteiger partial charge in [0, 0.05) is 37.0 Å². The van der Waals surface area contributed by atoms with E-state index in [9.17, 15) is 18.0 Å². The van der Waals surface area contributed by atoms with Crippen LogP contribution in [0.15, 0.2) is 72.8 Å². The van der Waals surface area contributed by atoms with E-state index in [1.54, 1.807) is 30.0 Å². The van der Waals surface area contributed by atoms with E-state index in [0.717, 1.165) is 22.9 Å². The van der Waals surface area contributed by atoms with Gasteiger partial charge in [-0.05, 0) is 62.9 Å². The summed E-state index contributed by atoms with van der Waals surface area (Å²) < 4.78 is 26.7. The van der Waals surface area contributed by atoms with Crippen molar-refractivity contribution < 1.29 is 18.0 Å². The summed E-state index contributed by atoms with van der Waals surface area (Å²) in [5, 5.41) is 3.46. The Kier molecular flexibility index (Phi) is 11.4. The smallest absolute Gasteiger partial charge is 0.243 e. The van der Waals surface area contributed by atoms with E-state index in [-0.39, 0.29) is 43.8 Å². The van der Waals surface area contributed by atoms with Crippen LogP contribution in [-0.4, -0.2) is 50.0 Å². The Hall–Kier alpha value is -3.36. The summed E-state index contributed by atoms with van der Waals surface area (Å²) in [6.07, 6.45) is 1.84. The second-order valence-electron chi connectivity index (χ2n) is 10.7. The highest BCUT2D eigenvalue weighted by Gasteiger charge is 2.31. The average Bonchev–Trinajstić information content (AvgIpc) is 2.91. The molecule has 1 N–H and O–H groups in total. The van der Waals surface area contributed by atoms with Crippen molar-refractivity contribution in [3.63, 3.8) is 0 Å². The number of rotatable bonds is 13. The fourth-order valence-corrected chi connectivity index (χ4v) is 5.86. The molecule has 0 fully saturated rings. The minimum atomic E-state index is -3.63. The zero-order valence-electron chi connectivity index (χ0n) is 24.4. The van der Waals surface area contributed by atoms with Crippen LogP contribution in [0.2, 0.25) is 5.02 Å². The summed E-state index contributed by atoms with van der Waals surface area (Å²) in [5.74, 6) is -0.446. The number of nitrogens with one attached hydrogen (secondary N) is 1. The molecule has 0 aromatic heterocycles. The molecule has 0 saturated carbocycles. The molecule has 0 spiro atoms. The molecule has 0 radical (unpaired) electrons. The summed E-state index contributed by atoms with van der Waals surface area (Å²) in [6.45, 7) is 7.90. The first-order valence-electron chi connectivity index (χ1n) is 13.8. The molecule has 41 heavy (non-hydrogen) atoms. The Morgan fingerprint density at radius 1 is 0.902 bits per heavy atom. The highest BCUT2D eigenvalue weighted by molar-refractivity contribution is 7.92. The van der Waals surface area contributed by atoms with E-state index in [1.807, 2.05) is 75.4 Å². The van der Waals surface area contributed by atoms with E-state index in [0.29, 0.717) is 22.7 Å². The van der Waals surface area contributed by atoms with Gasteiger partial charge in [-0.2, -0.15) is 0 Å². The monoisotopic (exact) mass is 597 g/mol. The molecular formula is C32H40ClN3O4S. The summed E-state index contributed by atoms with van der Waals surface area (Å²) >= 11 is 6.27. The maximum atomic E-state index is 13.9. The van der Waals surface area contributed by atoms with Crippen LogP contribution in [0.3, 0.4) is 0 Å². The Morgan fingerprint density at radius 2 is 1.56 bits per heavy atom. The molecule has 7 nitrogen and oxygen atoms in total. The first-order valence-corrected chi connectivity index (χ1v) is 16.0. The number of sulfonamides is 1. The molecule has 0 saturated heterocycles. The quantitative estimate of drug-likeness (QED) is 0.275. The molecule has 0 aliphatic carbocycles. The molecule has 0 aliphatic rings. The van der Waals surface area contributed by atoms with Gasteiger partial charge in [-0.15, -0.1) is 0 Å². The van der Waals surface area contributed by atoms with Gasteiger partial charge in [0.25, 0.3) is 0 Å². The number of anilines is 1. The van der Waals surface area contributed by atoms with Crippen molar-refractivity contribution in [2.24, 2.45) is 0 Å². The van der Waals surface area contributed by atoms with E-state index in [2.05, 4.69) is 5.32 Å². The number of carbonyl (C=O) groups is 2. The number of carbonyl (C=O) groups excluding carboxylic acids is 2. The van der Waals surface area contributed by atoms with Crippen molar-refractivity contribution in [1.82, 2.24) is 10.2 Å². The minimum Gasteiger partial charge on any atom is -0.352 e.